The third-order valence-electron chi connectivity index (χ3n) is 9.73. The number of likely N-dealkylation sites (N-methyl/N-ethyl adjacent to an activating group) is 1. The Hall–Kier alpha value is -4.98. The SMILES string of the molecule is C[C@@H]([C@H](O)c1ccccc1)N(C)C[C@@H]1C[C@H](c2ccc(CO)cc2)O[C@H](c2ccc(-c3cccc(CNC(=O)c4c(F)c(F)c(F)c(F)c4F)c3)cc2)O1. The van der Waals surface area contributed by atoms with Gasteiger partial charge >= 0.3 is 0 Å². The van der Waals surface area contributed by atoms with Crippen LogP contribution in [0.3, 0.4) is 0 Å². The zero-order valence-corrected chi connectivity index (χ0v) is 29.5. The van der Waals surface area contributed by atoms with Crippen LogP contribution in [0.15, 0.2) is 103 Å². The molecule has 3 N–H and O–H groups in total. The van der Waals surface area contributed by atoms with Crippen molar-refractivity contribution in [1.82, 2.24) is 10.2 Å². The summed E-state index contributed by atoms with van der Waals surface area (Å²) in [6, 6.07) is 31.2. The van der Waals surface area contributed by atoms with Crippen LogP contribution >= 0.6 is 0 Å². The molecule has 1 fully saturated rings. The Bertz CT molecular complexity index is 2040. The maximum absolute atomic E-state index is 14.1. The second-order valence-corrected chi connectivity index (χ2v) is 13.3. The minimum absolute atomic E-state index is 0.0745. The van der Waals surface area contributed by atoms with Gasteiger partial charge in [0.05, 0.1) is 24.9 Å². The predicted molar refractivity (Wildman–Crippen MR) is 191 cm³/mol. The van der Waals surface area contributed by atoms with Gasteiger partial charge in [-0.2, -0.15) is 0 Å². The number of rotatable bonds is 12. The first-order valence-corrected chi connectivity index (χ1v) is 17.4. The number of carbonyl (C=O) groups excluding carboxylic acids is 1. The van der Waals surface area contributed by atoms with Gasteiger partial charge in [0.1, 0.15) is 5.56 Å². The summed E-state index contributed by atoms with van der Waals surface area (Å²) in [7, 11) is 1.95. The molecule has 12 heteroatoms. The van der Waals surface area contributed by atoms with Crippen molar-refractivity contribution in [3.8, 4) is 11.1 Å². The molecule has 5 aromatic carbocycles. The number of carbonyl (C=O) groups is 1. The number of ether oxygens (including phenoxy) is 2. The predicted octanol–water partition coefficient (Wildman–Crippen LogP) is 8.07. The molecule has 5 atom stereocenters. The highest BCUT2D eigenvalue weighted by Crippen LogP contribution is 2.39. The van der Waals surface area contributed by atoms with Crippen molar-refractivity contribution in [2.75, 3.05) is 13.6 Å². The Kier molecular flexibility index (Phi) is 12.2. The van der Waals surface area contributed by atoms with Gasteiger partial charge in [0.25, 0.3) is 5.91 Å². The van der Waals surface area contributed by atoms with Gasteiger partial charge in [0.2, 0.25) is 5.82 Å². The first-order chi connectivity index (χ1) is 25.9. The molecular weight excluding hydrogens is 707 g/mol. The number of aliphatic hydroxyl groups is 2. The second-order valence-electron chi connectivity index (χ2n) is 13.3. The number of halogens is 5. The summed E-state index contributed by atoms with van der Waals surface area (Å²) < 4.78 is 82.0. The summed E-state index contributed by atoms with van der Waals surface area (Å²) >= 11 is 0. The lowest BCUT2D eigenvalue weighted by Gasteiger charge is -2.39. The minimum atomic E-state index is -2.34. The zero-order chi connectivity index (χ0) is 38.5. The molecule has 0 bridgehead atoms. The Morgan fingerprint density at radius 2 is 1.41 bits per heavy atom. The fourth-order valence-corrected chi connectivity index (χ4v) is 6.46. The van der Waals surface area contributed by atoms with E-state index in [1.807, 2.05) is 98.9 Å². The van der Waals surface area contributed by atoms with Crippen LogP contribution in [0.4, 0.5) is 22.0 Å². The van der Waals surface area contributed by atoms with E-state index in [-0.39, 0.29) is 31.4 Å². The van der Waals surface area contributed by atoms with Crippen molar-refractivity contribution in [2.24, 2.45) is 0 Å². The van der Waals surface area contributed by atoms with E-state index in [0.717, 1.165) is 33.4 Å². The van der Waals surface area contributed by atoms with Crippen LogP contribution < -0.4 is 5.32 Å². The van der Waals surface area contributed by atoms with Crippen LogP contribution in [-0.4, -0.2) is 46.8 Å². The number of nitrogens with zero attached hydrogens (tertiary/aromatic N) is 1. The Morgan fingerprint density at radius 1 is 0.778 bits per heavy atom. The first-order valence-electron chi connectivity index (χ1n) is 17.4. The molecule has 1 heterocycles. The van der Waals surface area contributed by atoms with E-state index < -0.39 is 53.0 Å². The fourth-order valence-electron chi connectivity index (χ4n) is 6.46. The third-order valence-corrected chi connectivity index (χ3v) is 9.73. The minimum Gasteiger partial charge on any atom is -0.392 e. The monoisotopic (exact) mass is 746 g/mol. The van der Waals surface area contributed by atoms with Gasteiger partial charge in [-0.3, -0.25) is 9.69 Å². The van der Waals surface area contributed by atoms with Crippen LogP contribution in [0, 0.1) is 29.1 Å². The van der Waals surface area contributed by atoms with E-state index in [4.69, 9.17) is 9.47 Å². The molecule has 1 aliphatic rings. The summed E-state index contributed by atoms with van der Waals surface area (Å²) in [5, 5.41) is 22.9. The average Bonchev–Trinajstić information content (AvgIpc) is 3.21. The van der Waals surface area contributed by atoms with Crippen LogP contribution in [0.25, 0.3) is 11.1 Å². The molecule has 0 aromatic heterocycles. The zero-order valence-electron chi connectivity index (χ0n) is 29.5. The van der Waals surface area contributed by atoms with Crippen LogP contribution in [-0.2, 0) is 22.6 Å². The maximum Gasteiger partial charge on any atom is 0.257 e. The number of hydrogen-bond acceptors (Lipinski definition) is 6. The van der Waals surface area contributed by atoms with E-state index >= 15 is 0 Å². The molecule has 54 heavy (non-hydrogen) atoms. The van der Waals surface area contributed by atoms with Crippen LogP contribution in [0.1, 0.15) is 70.0 Å². The smallest absolute Gasteiger partial charge is 0.257 e. The highest BCUT2D eigenvalue weighted by molar-refractivity contribution is 5.94. The number of hydrogen-bond donors (Lipinski definition) is 3. The molecule has 282 valence electrons. The summed E-state index contributed by atoms with van der Waals surface area (Å²) in [6.07, 6.45) is -1.46. The molecule has 6 rings (SSSR count). The van der Waals surface area contributed by atoms with E-state index in [9.17, 15) is 37.0 Å². The van der Waals surface area contributed by atoms with Crippen molar-refractivity contribution in [3.05, 3.63) is 166 Å². The quantitative estimate of drug-likeness (QED) is 0.0680. The van der Waals surface area contributed by atoms with Crippen LogP contribution in [0.2, 0.25) is 0 Å². The van der Waals surface area contributed by atoms with Crippen molar-refractivity contribution in [3.63, 3.8) is 0 Å². The van der Waals surface area contributed by atoms with Gasteiger partial charge in [-0.15, -0.1) is 0 Å². The van der Waals surface area contributed by atoms with Gasteiger partial charge in [0.15, 0.2) is 29.6 Å². The Balaban J connectivity index is 1.17. The Morgan fingerprint density at radius 3 is 2.06 bits per heavy atom. The number of amides is 1. The molecular formula is C42H39F5N2O5. The molecule has 5 aromatic rings. The average molecular weight is 747 g/mol. The summed E-state index contributed by atoms with van der Waals surface area (Å²) in [5.74, 6) is -12.6. The summed E-state index contributed by atoms with van der Waals surface area (Å²) in [5.41, 5.74) is 3.79. The van der Waals surface area contributed by atoms with Crippen molar-refractivity contribution in [2.45, 2.75) is 57.1 Å². The topological polar surface area (TPSA) is 91.3 Å². The lowest BCUT2D eigenvalue weighted by molar-refractivity contribution is -0.253. The molecule has 1 aliphatic heterocycles. The molecule has 0 radical (unpaired) electrons. The number of nitrogens with one attached hydrogen (secondary N) is 1. The Labute approximate surface area is 309 Å². The molecule has 0 unspecified atom stereocenters. The summed E-state index contributed by atoms with van der Waals surface area (Å²) in [6.45, 7) is 2.16. The molecule has 0 spiro atoms. The van der Waals surface area contributed by atoms with E-state index in [1.54, 1.807) is 18.2 Å². The van der Waals surface area contributed by atoms with Gasteiger partial charge in [-0.05, 0) is 53.4 Å². The number of aliphatic hydroxyl groups excluding tert-OH is 2. The van der Waals surface area contributed by atoms with Crippen LogP contribution in [0.5, 0.6) is 0 Å². The van der Waals surface area contributed by atoms with Gasteiger partial charge in [-0.1, -0.05) is 97.1 Å². The fraction of sp³-hybridized carbons (Fsp3) is 0.262. The molecule has 7 nitrogen and oxygen atoms in total. The maximum atomic E-state index is 14.1. The largest absolute Gasteiger partial charge is 0.392 e. The lowest BCUT2D eigenvalue weighted by atomic mass is 9.98. The highest BCUT2D eigenvalue weighted by atomic mass is 19.2. The summed E-state index contributed by atoms with van der Waals surface area (Å²) in [4.78, 5) is 14.5. The van der Waals surface area contributed by atoms with Crippen molar-refractivity contribution < 1.29 is 46.4 Å². The third kappa shape index (κ3) is 8.53. The highest BCUT2D eigenvalue weighted by Gasteiger charge is 2.34. The normalized spacial score (nSPS) is 18.4. The van der Waals surface area contributed by atoms with E-state index in [2.05, 4.69) is 10.2 Å². The lowest BCUT2D eigenvalue weighted by Crippen LogP contribution is -2.43. The number of benzene rings is 5. The molecule has 0 saturated carbocycles. The standard InChI is InChI=1S/C42H39F5N2O5/c1-24(40(51)29-8-4-3-5-9-29)49(2)22-32-20-33(28-13-11-25(23-50)12-14-28)54-42(53-32)30-17-15-27(16-18-30)31-10-6-7-26(19-31)21-48-41(52)34-35(43)37(45)39(47)38(46)36(34)44/h3-19,24,32-33,40,42,50-51H,20-23H2,1-2H3,(H,48,52)/t24-,32-,33+,40-,42+/m0/s1. The first kappa shape index (κ1) is 38.7. The van der Waals surface area contributed by atoms with Gasteiger partial charge in [-0.25, -0.2) is 22.0 Å². The van der Waals surface area contributed by atoms with E-state index in [0.29, 0.717) is 18.5 Å². The van der Waals surface area contributed by atoms with Gasteiger partial charge < -0.3 is 25.0 Å². The van der Waals surface area contributed by atoms with E-state index in [1.165, 1.54) is 0 Å². The molecule has 1 amide bonds. The second kappa shape index (κ2) is 17.0. The molecule has 0 aliphatic carbocycles. The van der Waals surface area contributed by atoms with Crippen molar-refractivity contribution >= 4 is 5.91 Å². The molecule has 1 saturated heterocycles. The van der Waals surface area contributed by atoms with Gasteiger partial charge in [0, 0.05) is 31.1 Å². The van der Waals surface area contributed by atoms with Crippen molar-refractivity contribution in [1.29, 1.82) is 0 Å².